The van der Waals surface area contributed by atoms with E-state index in [0.29, 0.717) is 37.2 Å². The summed E-state index contributed by atoms with van der Waals surface area (Å²) in [6.45, 7) is 2.23. The number of nitrogens with one attached hydrogen (secondary N) is 2. The molecule has 1 fully saturated rings. The maximum atomic E-state index is 14.2. The molecule has 1 aliphatic heterocycles. The number of aromatic amines is 1. The number of imidazole rings is 1. The fourth-order valence-corrected chi connectivity index (χ4v) is 4.76. The molecular weight excluding hydrogens is 469 g/mol. The molecule has 0 amide bonds. The highest BCUT2D eigenvalue weighted by atomic mass is 19.4. The Kier molecular flexibility index (Phi) is 5.26. The second-order valence-corrected chi connectivity index (χ2v) is 8.70. The van der Waals surface area contributed by atoms with Gasteiger partial charge in [-0.3, -0.25) is 14.2 Å². The summed E-state index contributed by atoms with van der Waals surface area (Å²) < 4.78 is 44.1. The number of benzene rings is 2. The van der Waals surface area contributed by atoms with Crippen molar-refractivity contribution in [1.82, 2.24) is 24.7 Å². The van der Waals surface area contributed by atoms with Gasteiger partial charge in [0.2, 0.25) is 0 Å². The fraction of sp³-hybridized carbons (Fsp3) is 0.192. The Balaban J connectivity index is 1.57. The summed E-state index contributed by atoms with van der Waals surface area (Å²) in [7, 11) is 0. The van der Waals surface area contributed by atoms with Crippen LogP contribution in [0.4, 0.5) is 18.9 Å². The Hall–Kier alpha value is -4.18. The number of alkyl halides is 3. The Morgan fingerprint density at radius 2 is 1.69 bits per heavy atom. The number of H-pyrrole nitrogens is 1. The molecule has 182 valence electrons. The summed E-state index contributed by atoms with van der Waals surface area (Å²) in [6.07, 6.45) is 0.248. The predicted octanol–water partition coefficient (Wildman–Crippen LogP) is 4.33. The Morgan fingerprint density at radius 1 is 0.889 bits per heavy atom. The third-order valence-corrected chi connectivity index (χ3v) is 6.49. The minimum Gasteiger partial charge on any atom is -0.368 e. The molecular formula is C26H21F3N6O. The molecule has 0 aliphatic carbocycles. The number of anilines is 1. The van der Waals surface area contributed by atoms with Gasteiger partial charge in [0, 0.05) is 55.4 Å². The highest BCUT2D eigenvalue weighted by Crippen LogP contribution is 2.39. The summed E-state index contributed by atoms with van der Waals surface area (Å²) in [6, 6.07) is 13.5. The van der Waals surface area contributed by atoms with Gasteiger partial charge in [0.15, 0.2) is 0 Å². The van der Waals surface area contributed by atoms with Crippen molar-refractivity contribution in [3.8, 4) is 22.5 Å². The second-order valence-electron chi connectivity index (χ2n) is 8.70. The molecule has 36 heavy (non-hydrogen) atoms. The second kappa shape index (κ2) is 8.49. The van der Waals surface area contributed by atoms with Crippen LogP contribution in [0.5, 0.6) is 0 Å². The Morgan fingerprint density at radius 3 is 2.44 bits per heavy atom. The molecule has 4 heterocycles. The van der Waals surface area contributed by atoms with E-state index < -0.39 is 11.7 Å². The van der Waals surface area contributed by atoms with Crippen molar-refractivity contribution in [2.45, 2.75) is 6.18 Å². The van der Waals surface area contributed by atoms with Crippen LogP contribution >= 0.6 is 0 Å². The smallest absolute Gasteiger partial charge is 0.368 e. The van der Waals surface area contributed by atoms with Gasteiger partial charge in [-0.2, -0.15) is 13.2 Å². The first-order valence-corrected chi connectivity index (χ1v) is 11.5. The maximum Gasteiger partial charge on any atom is 0.418 e. The minimum absolute atomic E-state index is 0.148. The summed E-state index contributed by atoms with van der Waals surface area (Å²) in [5, 5.41) is 3.16. The van der Waals surface area contributed by atoms with Crippen LogP contribution in [0.3, 0.4) is 0 Å². The lowest BCUT2D eigenvalue weighted by molar-refractivity contribution is -0.137. The lowest BCUT2D eigenvalue weighted by atomic mass is 10.0. The van der Waals surface area contributed by atoms with E-state index in [-0.39, 0.29) is 28.2 Å². The van der Waals surface area contributed by atoms with E-state index in [1.807, 2.05) is 24.3 Å². The molecule has 2 N–H and O–H groups in total. The first kappa shape index (κ1) is 22.3. The number of aromatic nitrogens is 4. The average molecular weight is 490 g/mol. The van der Waals surface area contributed by atoms with Crippen molar-refractivity contribution in [1.29, 1.82) is 0 Å². The predicted molar refractivity (Wildman–Crippen MR) is 132 cm³/mol. The average Bonchev–Trinajstić information content (AvgIpc) is 3.35. The van der Waals surface area contributed by atoms with Crippen molar-refractivity contribution in [2.24, 2.45) is 0 Å². The van der Waals surface area contributed by atoms with Crippen LogP contribution in [0.2, 0.25) is 0 Å². The van der Waals surface area contributed by atoms with E-state index in [1.165, 1.54) is 12.3 Å². The van der Waals surface area contributed by atoms with Crippen LogP contribution in [0.1, 0.15) is 5.56 Å². The minimum atomic E-state index is -4.55. The monoisotopic (exact) mass is 490 g/mol. The largest absolute Gasteiger partial charge is 0.418 e. The topological polar surface area (TPSA) is 78.3 Å². The molecule has 0 unspecified atom stereocenters. The zero-order chi connectivity index (χ0) is 24.9. The quantitative estimate of drug-likeness (QED) is 0.394. The first-order chi connectivity index (χ1) is 17.4. The van der Waals surface area contributed by atoms with E-state index in [9.17, 15) is 18.0 Å². The Labute approximate surface area is 203 Å². The van der Waals surface area contributed by atoms with Crippen LogP contribution < -0.4 is 15.8 Å². The first-order valence-electron chi connectivity index (χ1n) is 11.5. The van der Waals surface area contributed by atoms with Crippen molar-refractivity contribution in [2.75, 3.05) is 31.1 Å². The van der Waals surface area contributed by atoms with E-state index in [0.717, 1.165) is 17.2 Å². The molecule has 6 rings (SSSR count). The molecule has 3 aromatic heterocycles. The van der Waals surface area contributed by atoms with Gasteiger partial charge in [-0.05, 0) is 42.0 Å². The van der Waals surface area contributed by atoms with Gasteiger partial charge in [-0.1, -0.05) is 12.1 Å². The van der Waals surface area contributed by atoms with E-state index in [1.54, 1.807) is 33.8 Å². The van der Waals surface area contributed by atoms with E-state index >= 15 is 0 Å². The molecule has 0 bridgehead atoms. The molecule has 0 spiro atoms. The lowest BCUT2D eigenvalue weighted by Crippen LogP contribution is -2.44. The van der Waals surface area contributed by atoms with Crippen molar-refractivity contribution >= 4 is 22.2 Å². The summed E-state index contributed by atoms with van der Waals surface area (Å²) in [5.41, 5.74) is 2.49. The van der Waals surface area contributed by atoms with Gasteiger partial charge < -0.3 is 15.2 Å². The van der Waals surface area contributed by atoms with Gasteiger partial charge in [0.05, 0.1) is 22.8 Å². The zero-order valence-corrected chi connectivity index (χ0v) is 19.0. The zero-order valence-electron chi connectivity index (χ0n) is 19.0. The summed E-state index contributed by atoms with van der Waals surface area (Å²) in [4.78, 5) is 25.9. The third kappa shape index (κ3) is 3.79. The number of hydrogen-bond acceptors (Lipinski definition) is 5. The van der Waals surface area contributed by atoms with Crippen molar-refractivity contribution < 1.29 is 13.2 Å². The number of pyridine rings is 1. The molecule has 5 aromatic rings. The number of halogens is 3. The van der Waals surface area contributed by atoms with Crippen LogP contribution in [0.15, 0.2) is 71.9 Å². The summed E-state index contributed by atoms with van der Waals surface area (Å²) in [5.74, 6) is 0.266. The van der Waals surface area contributed by atoms with Gasteiger partial charge in [-0.25, -0.2) is 4.98 Å². The molecule has 7 nitrogen and oxygen atoms in total. The van der Waals surface area contributed by atoms with Crippen LogP contribution in [-0.4, -0.2) is 45.5 Å². The maximum absolute atomic E-state index is 14.2. The fourth-order valence-electron chi connectivity index (χ4n) is 4.76. The molecule has 1 aliphatic rings. The highest BCUT2D eigenvalue weighted by Gasteiger charge is 2.36. The highest BCUT2D eigenvalue weighted by molar-refractivity contribution is 5.86. The van der Waals surface area contributed by atoms with Gasteiger partial charge >= 0.3 is 6.18 Å². The number of hydrogen-bond donors (Lipinski definition) is 2. The van der Waals surface area contributed by atoms with E-state index in [2.05, 4.69) is 20.3 Å². The third-order valence-electron chi connectivity index (χ3n) is 6.49. The van der Waals surface area contributed by atoms with E-state index in [4.69, 9.17) is 0 Å². The van der Waals surface area contributed by atoms with Gasteiger partial charge in [-0.15, -0.1) is 0 Å². The van der Waals surface area contributed by atoms with Crippen LogP contribution in [-0.2, 0) is 6.18 Å². The normalized spacial score (nSPS) is 14.6. The van der Waals surface area contributed by atoms with Crippen LogP contribution in [0.25, 0.3) is 39.1 Å². The Bertz CT molecular complexity index is 1640. The van der Waals surface area contributed by atoms with Crippen molar-refractivity contribution in [3.63, 3.8) is 0 Å². The lowest BCUT2D eigenvalue weighted by Gasteiger charge is -2.31. The standard InChI is InChI=1S/C26H21F3N6O/c27-26(28,29)19-12-17(4-6-21(19)34-10-8-30-9-11-34)24-32-15-23-25(36)33-20-5-3-16(13-22(20)35(23)24)18-2-1-7-31-14-18/h1-7,12-15,30H,8-11H2,(H,33,36). The molecule has 2 aromatic carbocycles. The van der Waals surface area contributed by atoms with Gasteiger partial charge in [0.25, 0.3) is 5.56 Å². The van der Waals surface area contributed by atoms with Gasteiger partial charge in [0.1, 0.15) is 11.3 Å². The number of piperazine rings is 1. The molecule has 10 heteroatoms. The van der Waals surface area contributed by atoms with Crippen molar-refractivity contribution in [3.05, 3.63) is 83.0 Å². The number of rotatable bonds is 3. The molecule has 1 saturated heterocycles. The molecule has 0 atom stereocenters. The summed E-state index contributed by atoms with van der Waals surface area (Å²) >= 11 is 0. The molecule has 0 saturated carbocycles. The van der Waals surface area contributed by atoms with Crippen LogP contribution in [0, 0.1) is 0 Å². The molecule has 0 radical (unpaired) electrons. The SMILES string of the molecule is O=c1[nH]c2ccc(-c3cccnc3)cc2n2c(-c3ccc(N4CCNCC4)c(C(F)(F)F)c3)ncc12. The number of nitrogens with zero attached hydrogens (tertiary/aromatic N) is 4. The number of fused-ring (bicyclic) bond motifs is 3.